The lowest BCUT2D eigenvalue weighted by atomic mass is 10.2. The molecule has 0 amide bonds. The van der Waals surface area contributed by atoms with Crippen molar-refractivity contribution in [3.63, 3.8) is 0 Å². The zero-order valence-corrected chi connectivity index (χ0v) is 29.1. The van der Waals surface area contributed by atoms with E-state index in [4.69, 9.17) is 0 Å². The van der Waals surface area contributed by atoms with E-state index in [1.807, 2.05) is 130 Å². The van der Waals surface area contributed by atoms with Gasteiger partial charge in [-0.2, -0.15) is 20.5 Å². The Balaban J connectivity index is 1.30. The smallest absolute Gasteiger partial charge is 0.171 e. The number of aryl methyl sites for hydroxylation is 1. The van der Waals surface area contributed by atoms with E-state index in [1.54, 1.807) is 0 Å². The van der Waals surface area contributed by atoms with Crippen molar-refractivity contribution in [3.05, 3.63) is 97.1 Å². The second-order valence-corrected chi connectivity index (χ2v) is 13.0. The maximum atomic E-state index is 9.23. The molecule has 48 heavy (non-hydrogen) atoms. The van der Waals surface area contributed by atoms with Gasteiger partial charge in [-0.3, -0.25) is 0 Å². The molecule has 0 aliphatic heterocycles. The van der Waals surface area contributed by atoms with Crippen LogP contribution in [0.5, 0.6) is 0 Å². The fraction of sp³-hybridized carbons (Fsp3) is 0.382. The molecule has 0 aliphatic rings. The normalized spacial score (nSPS) is 12.1. The molecular weight excluding hydrogens is 649 g/mol. The van der Waals surface area contributed by atoms with Crippen LogP contribution in [0.25, 0.3) is 0 Å². The van der Waals surface area contributed by atoms with Gasteiger partial charge in [-0.15, -0.1) is 0 Å². The Labute approximate surface area is 291 Å². The summed E-state index contributed by atoms with van der Waals surface area (Å²) >= 11 is 0. The third kappa shape index (κ3) is 14.6. The maximum Gasteiger partial charge on any atom is 0.171 e. The Kier molecular flexibility index (Phi) is 19.1. The number of hydrogen-bond donors (Lipinski definition) is 5. The average Bonchev–Trinajstić information content (AvgIpc) is 3.12. The van der Waals surface area contributed by atoms with Gasteiger partial charge in [-0.05, 0) is 55.5 Å². The lowest BCUT2D eigenvalue weighted by molar-refractivity contribution is -0.692. The van der Waals surface area contributed by atoms with Gasteiger partial charge in [0, 0.05) is 55.8 Å². The third-order valence-corrected chi connectivity index (χ3v) is 9.35. The zero-order valence-electron chi connectivity index (χ0n) is 27.5. The van der Waals surface area contributed by atoms with Crippen LogP contribution < -0.4 is 19.7 Å². The summed E-state index contributed by atoms with van der Waals surface area (Å²) in [5, 5.41) is 56.4. The summed E-state index contributed by atoms with van der Waals surface area (Å²) in [6.45, 7) is 5.76. The summed E-state index contributed by atoms with van der Waals surface area (Å²) < 4.78 is 2.14. The minimum atomic E-state index is 0.0258. The molecule has 0 bridgehead atoms. The first-order valence-electron chi connectivity index (χ1n) is 16.0. The van der Waals surface area contributed by atoms with Crippen molar-refractivity contribution >= 4 is 50.0 Å². The molecule has 0 saturated carbocycles. The first-order valence-corrected chi connectivity index (χ1v) is 18.5. The maximum absolute atomic E-state index is 9.23. The van der Waals surface area contributed by atoms with Crippen LogP contribution in [-0.4, -0.2) is 91.1 Å². The van der Waals surface area contributed by atoms with Gasteiger partial charge in [0.15, 0.2) is 18.9 Å². The van der Waals surface area contributed by atoms with Crippen LogP contribution in [0.4, 0.5) is 28.4 Å². The fourth-order valence-electron chi connectivity index (χ4n) is 4.41. The second kappa shape index (κ2) is 23.7. The summed E-state index contributed by atoms with van der Waals surface area (Å²) in [5.74, 6) is 2.01. The van der Waals surface area contributed by atoms with Gasteiger partial charge in [-0.25, -0.2) is 4.57 Å². The number of allylic oxidation sites excluding steroid dienone is 2. The van der Waals surface area contributed by atoms with E-state index < -0.39 is 0 Å². The largest absolute Gasteiger partial charge is 0.395 e. The molecule has 12 nitrogen and oxygen atoms in total. The number of nitrogens with zero attached hydrogens (tertiary/aromatic N) is 7. The second-order valence-electron chi connectivity index (χ2n) is 10.3. The molecule has 0 unspecified atom stereocenters. The Morgan fingerprint density at radius 1 is 0.688 bits per heavy atom. The predicted molar refractivity (Wildman–Crippen MR) is 196 cm³/mol. The number of aliphatic hydroxyl groups is 4. The van der Waals surface area contributed by atoms with Gasteiger partial charge in [0.25, 0.3) is 0 Å². The molecule has 0 atom stereocenters. The molecule has 3 rings (SSSR count). The molecule has 1 heterocycles. The van der Waals surface area contributed by atoms with E-state index in [0.29, 0.717) is 26.2 Å². The number of nitrogens with two attached hydrogens (primary N) is 1. The molecule has 0 aliphatic carbocycles. The van der Waals surface area contributed by atoms with E-state index in [-0.39, 0.29) is 26.4 Å². The molecule has 14 heteroatoms. The SMILES string of the molecule is C/C=C(\C=C/[NH2+]CCSSCC[n+]1ccc(N=Nc2ccc(N(CCO)CCO)cc2)cc1)N=Nc1ccc(N(CCO)CCO)cc1. The van der Waals surface area contributed by atoms with E-state index in [2.05, 4.69) is 30.3 Å². The number of benzene rings is 2. The number of azo groups is 2. The highest BCUT2D eigenvalue weighted by atomic mass is 33.1. The van der Waals surface area contributed by atoms with Crippen molar-refractivity contribution in [2.75, 3.05) is 80.5 Å². The van der Waals surface area contributed by atoms with Crippen LogP contribution in [0, 0.1) is 0 Å². The lowest BCUT2D eigenvalue weighted by Crippen LogP contribution is -2.78. The Morgan fingerprint density at radius 2 is 1.17 bits per heavy atom. The van der Waals surface area contributed by atoms with Crippen molar-refractivity contribution in [2.45, 2.75) is 13.5 Å². The lowest BCUT2D eigenvalue weighted by Gasteiger charge is -2.22. The first-order chi connectivity index (χ1) is 23.6. The van der Waals surface area contributed by atoms with Crippen molar-refractivity contribution < 1.29 is 30.3 Å². The van der Waals surface area contributed by atoms with Gasteiger partial charge in [0.2, 0.25) is 0 Å². The Morgan fingerprint density at radius 3 is 1.67 bits per heavy atom. The van der Waals surface area contributed by atoms with Crippen molar-refractivity contribution in [3.8, 4) is 0 Å². The van der Waals surface area contributed by atoms with Crippen LogP contribution >= 0.6 is 21.6 Å². The molecular formula is C34H48N8O4S2+2. The highest BCUT2D eigenvalue weighted by molar-refractivity contribution is 8.76. The van der Waals surface area contributed by atoms with E-state index in [0.717, 1.165) is 58.7 Å². The van der Waals surface area contributed by atoms with Crippen LogP contribution in [0.3, 0.4) is 0 Å². The monoisotopic (exact) mass is 696 g/mol. The molecule has 1 aromatic heterocycles. The van der Waals surface area contributed by atoms with Crippen molar-refractivity contribution in [2.24, 2.45) is 20.5 Å². The van der Waals surface area contributed by atoms with Crippen LogP contribution in [0.2, 0.25) is 0 Å². The summed E-state index contributed by atoms with van der Waals surface area (Å²) in [4.78, 5) is 3.84. The van der Waals surface area contributed by atoms with E-state index in [1.165, 1.54) is 0 Å². The Hall–Kier alpha value is -3.63. The molecule has 258 valence electrons. The molecule has 0 saturated heterocycles. The average molecular weight is 697 g/mol. The molecule has 3 aromatic rings. The topological polar surface area (TPSA) is 157 Å². The minimum absolute atomic E-state index is 0.0258. The number of anilines is 2. The fourth-order valence-corrected chi connectivity index (χ4v) is 6.38. The number of aliphatic hydroxyl groups excluding tert-OH is 4. The van der Waals surface area contributed by atoms with Gasteiger partial charge >= 0.3 is 0 Å². The highest BCUT2D eigenvalue weighted by Crippen LogP contribution is 2.23. The van der Waals surface area contributed by atoms with Gasteiger partial charge in [-0.1, -0.05) is 27.7 Å². The number of pyridine rings is 1. The van der Waals surface area contributed by atoms with Crippen LogP contribution in [0.15, 0.2) is 118 Å². The molecule has 2 aromatic carbocycles. The summed E-state index contributed by atoms with van der Waals surface area (Å²) in [6.07, 6.45) is 9.91. The summed E-state index contributed by atoms with van der Waals surface area (Å²) in [7, 11) is 3.72. The van der Waals surface area contributed by atoms with E-state index >= 15 is 0 Å². The van der Waals surface area contributed by atoms with Crippen LogP contribution in [0.1, 0.15) is 6.92 Å². The van der Waals surface area contributed by atoms with Gasteiger partial charge in [0.1, 0.15) is 0 Å². The highest BCUT2D eigenvalue weighted by Gasteiger charge is 2.07. The minimum Gasteiger partial charge on any atom is -0.395 e. The van der Waals surface area contributed by atoms with Crippen molar-refractivity contribution in [1.29, 1.82) is 0 Å². The van der Waals surface area contributed by atoms with Gasteiger partial charge < -0.3 is 35.5 Å². The Bertz CT molecular complexity index is 1410. The summed E-state index contributed by atoms with van der Waals surface area (Å²) in [6, 6.07) is 19.0. The molecule has 6 N–H and O–H groups in total. The molecule has 0 radical (unpaired) electrons. The third-order valence-electron chi connectivity index (χ3n) is 6.93. The summed E-state index contributed by atoms with van der Waals surface area (Å²) in [5.41, 5.74) is 4.87. The van der Waals surface area contributed by atoms with Crippen LogP contribution in [-0.2, 0) is 6.54 Å². The zero-order chi connectivity index (χ0) is 34.2. The molecule has 0 spiro atoms. The number of hydrogen-bond acceptors (Lipinski definition) is 12. The first kappa shape index (κ1) is 38.8. The molecule has 0 fully saturated rings. The van der Waals surface area contributed by atoms with Crippen molar-refractivity contribution in [1.82, 2.24) is 0 Å². The number of aromatic nitrogens is 1. The van der Waals surface area contributed by atoms with Gasteiger partial charge in [0.05, 0.1) is 73.4 Å². The predicted octanol–water partition coefficient (Wildman–Crippen LogP) is 4.12. The standard InChI is InChI=1S/C34H47N8O4S2/c1-2-29(36-37-30-3-7-33(8-4-30)41(18-23-43)19-24-44)11-14-35-15-27-47-48-28-22-40-16-12-32(13-17-40)39-38-31-5-9-34(10-6-31)42(20-25-45)21-26-46/h2-14,16-17,35,43-46H,15,18-28H2,1H3/q+1/p+1/b14-11-,29-2+,37-36?. The van der Waals surface area contributed by atoms with E-state index in [9.17, 15) is 20.4 Å². The number of quaternary nitrogens is 1. The quantitative estimate of drug-likeness (QED) is 0.0326. The number of rotatable bonds is 23.